The van der Waals surface area contributed by atoms with Gasteiger partial charge in [0.1, 0.15) is 0 Å². The number of halogens is 3. The summed E-state index contributed by atoms with van der Waals surface area (Å²) in [4.78, 5) is 13.0. The van der Waals surface area contributed by atoms with E-state index < -0.39 is 22.2 Å². The molecule has 2 aliphatic rings. The number of ether oxygens (including phenoxy) is 1. The average Bonchev–Trinajstić information content (AvgIpc) is 3.04. The monoisotopic (exact) mass is 456 g/mol. The molecule has 3 heterocycles. The third-order valence-corrected chi connectivity index (χ3v) is 8.26. The maximum Gasteiger partial charge on any atom is 0.490 e. The van der Waals surface area contributed by atoms with E-state index in [9.17, 15) is 21.6 Å². The van der Waals surface area contributed by atoms with Gasteiger partial charge in [0.25, 0.3) is 0 Å². The summed E-state index contributed by atoms with van der Waals surface area (Å²) < 4.78 is 63.6. The lowest BCUT2D eigenvalue weighted by Gasteiger charge is -2.47. The third-order valence-electron chi connectivity index (χ3n) is 4.51. The van der Waals surface area contributed by atoms with Crippen molar-refractivity contribution in [2.24, 2.45) is 0 Å². The van der Waals surface area contributed by atoms with E-state index in [0.29, 0.717) is 19.7 Å². The SMILES string of the molecule is CC(C)S(=O)(=O)N1CC2(CC(OCc3cccnc3)CS2)C1.O=C(O)C(F)(F)F. The van der Waals surface area contributed by atoms with Gasteiger partial charge in [-0.1, -0.05) is 6.07 Å². The predicted octanol–water partition coefficient (Wildman–Crippen LogP) is 2.53. The van der Waals surface area contributed by atoms with Gasteiger partial charge in [0.2, 0.25) is 10.0 Å². The number of pyridine rings is 1. The highest BCUT2D eigenvalue weighted by Crippen LogP contribution is 2.47. The molecular formula is C17H23F3N2O5S2. The van der Waals surface area contributed by atoms with Crippen LogP contribution in [0.25, 0.3) is 0 Å². The minimum absolute atomic E-state index is 0.0710. The van der Waals surface area contributed by atoms with Gasteiger partial charge in [-0.3, -0.25) is 4.98 Å². The molecule has 2 saturated heterocycles. The van der Waals surface area contributed by atoms with Gasteiger partial charge < -0.3 is 9.84 Å². The van der Waals surface area contributed by atoms with E-state index in [1.807, 2.05) is 30.1 Å². The molecule has 12 heteroatoms. The molecule has 0 radical (unpaired) electrons. The van der Waals surface area contributed by atoms with Gasteiger partial charge >= 0.3 is 12.1 Å². The van der Waals surface area contributed by atoms with Crippen LogP contribution < -0.4 is 0 Å². The van der Waals surface area contributed by atoms with E-state index in [1.54, 1.807) is 24.3 Å². The number of alkyl halides is 3. The Hall–Kier alpha value is -1.37. The first kappa shape index (κ1) is 23.9. The highest BCUT2D eigenvalue weighted by Gasteiger charge is 2.53. The van der Waals surface area contributed by atoms with Crippen LogP contribution in [0.2, 0.25) is 0 Å². The Labute approximate surface area is 171 Å². The number of carboxylic acids is 1. The molecule has 0 saturated carbocycles. The number of hydrogen-bond donors (Lipinski definition) is 1. The molecule has 1 aromatic heterocycles. The van der Waals surface area contributed by atoms with Gasteiger partial charge in [0.05, 0.1) is 18.0 Å². The van der Waals surface area contributed by atoms with Gasteiger partial charge in [-0.2, -0.15) is 17.5 Å². The van der Waals surface area contributed by atoms with Crippen molar-refractivity contribution in [2.45, 2.75) is 49.2 Å². The molecule has 1 atom stereocenters. The first-order chi connectivity index (χ1) is 13.4. The Morgan fingerprint density at radius 1 is 1.45 bits per heavy atom. The molecule has 0 bridgehead atoms. The van der Waals surface area contributed by atoms with Crippen LogP contribution in [0.1, 0.15) is 25.8 Å². The normalized spacial score (nSPS) is 21.5. The Morgan fingerprint density at radius 3 is 2.55 bits per heavy atom. The molecule has 164 valence electrons. The van der Waals surface area contributed by atoms with E-state index in [0.717, 1.165) is 17.7 Å². The zero-order valence-electron chi connectivity index (χ0n) is 15.9. The molecule has 7 nitrogen and oxygen atoms in total. The van der Waals surface area contributed by atoms with Crippen molar-refractivity contribution in [3.05, 3.63) is 30.1 Å². The average molecular weight is 457 g/mol. The van der Waals surface area contributed by atoms with Crippen LogP contribution in [0.3, 0.4) is 0 Å². The van der Waals surface area contributed by atoms with Crippen molar-refractivity contribution in [3.8, 4) is 0 Å². The summed E-state index contributed by atoms with van der Waals surface area (Å²) in [5.74, 6) is -1.82. The van der Waals surface area contributed by atoms with Crippen molar-refractivity contribution >= 4 is 27.8 Å². The summed E-state index contributed by atoms with van der Waals surface area (Å²) >= 11 is 1.86. The number of nitrogens with zero attached hydrogens (tertiary/aromatic N) is 2. The van der Waals surface area contributed by atoms with Gasteiger partial charge in [0.15, 0.2) is 0 Å². The first-order valence-electron chi connectivity index (χ1n) is 8.79. The van der Waals surface area contributed by atoms with Crippen molar-refractivity contribution in [1.29, 1.82) is 0 Å². The van der Waals surface area contributed by atoms with Crippen molar-refractivity contribution in [2.75, 3.05) is 18.8 Å². The number of thioether (sulfide) groups is 1. The van der Waals surface area contributed by atoms with Crippen LogP contribution in [0, 0.1) is 0 Å². The molecule has 2 fully saturated rings. The van der Waals surface area contributed by atoms with Crippen LogP contribution in [0.4, 0.5) is 13.2 Å². The molecule has 0 amide bonds. The quantitative estimate of drug-likeness (QED) is 0.727. The fourth-order valence-corrected chi connectivity index (χ4v) is 6.07. The number of carboxylic acid groups (broad SMARTS) is 1. The zero-order chi connectivity index (χ0) is 21.9. The van der Waals surface area contributed by atoms with E-state index in [-0.39, 0.29) is 16.1 Å². The molecular weight excluding hydrogens is 433 g/mol. The van der Waals surface area contributed by atoms with Crippen LogP contribution in [0.5, 0.6) is 0 Å². The number of rotatable bonds is 5. The lowest BCUT2D eigenvalue weighted by Crippen LogP contribution is -2.61. The highest BCUT2D eigenvalue weighted by molar-refractivity contribution is 8.01. The fourth-order valence-electron chi connectivity index (χ4n) is 2.90. The first-order valence-corrected chi connectivity index (χ1v) is 11.3. The minimum atomic E-state index is -5.08. The second-order valence-corrected chi connectivity index (χ2v) is 11.1. The Morgan fingerprint density at radius 2 is 2.07 bits per heavy atom. The van der Waals surface area contributed by atoms with Gasteiger partial charge in [0, 0.05) is 36.0 Å². The van der Waals surface area contributed by atoms with Crippen molar-refractivity contribution in [1.82, 2.24) is 9.29 Å². The molecule has 0 aromatic carbocycles. The second-order valence-electron chi connectivity index (χ2n) is 7.16. The van der Waals surface area contributed by atoms with Crippen LogP contribution in [-0.4, -0.2) is 69.9 Å². The maximum absolute atomic E-state index is 12.1. The van der Waals surface area contributed by atoms with Gasteiger partial charge in [-0.15, -0.1) is 11.8 Å². The van der Waals surface area contributed by atoms with Gasteiger partial charge in [-0.05, 0) is 31.9 Å². The number of hydrogen-bond acceptors (Lipinski definition) is 6. The summed E-state index contributed by atoms with van der Waals surface area (Å²) in [7, 11) is -3.11. The fraction of sp³-hybridized carbons (Fsp3) is 0.647. The largest absolute Gasteiger partial charge is 0.490 e. The minimum Gasteiger partial charge on any atom is -0.475 e. The third kappa shape index (κ3) is 6.30. The van der Waals surface area contributed by atoms with Gasteiger partial charge in [-0.25, -0.2) is 13.2 Å². The molecule has 3 rings (SSSR count). The molecule has 0 aliphatic carbocycles. The lowest BCUT2D eigenvalue weighted by atomic mass is 9.95. The second kappa shape index (κ2) is 9.19. The topological polar surface area (TPSA) is 96.8 Å². The maximum atomic E-state index is 12.1. The van der Waals surface area contributed by atoms with Crippen LogP contribution >= 0.6 is 11.8 Å². The van der Waals surface area contributed by atoms with Crippen LogP contribution in [-0.2, 0) is 26.2 Å². The Kier molecular flexibility index (Phi) is 7.57. The van der Waals surface area contributed by atoms with Crippen molar-refractivity contribution < 1.29 is 36.2 Å². The Bertz CT molecular complexity index is 797. The number of carbonyl (C=O) groups is 1. The van der Waals surface area contributed by atoms with E-state index in [2.05, 4.69) is 4.98 Å². The Balaban J connectivity index is 0.000000370. The standard InChI is InChI=1S/C15H22N2O3S2.C2HF3O2/c1-12(2)22(18,19)17-10-15(11-17)6-14(9-21-15)20-8-13-4-3-5-16-7-13;3-2(4,5)1(6)7/h3-5,7,12,14H,6,8-11H2,1-2H3;(H,6,7). The number of sulfonamides is 1. The summed E-state index contributed by atoms with van der Waals surface area (Å²) in [5, 5.41) is 6.79. The smallest absolute Gasteiger partial charge is 0.475 e. The molecule has 1 aromatic rings. The lowest BCUT2D eigenvalue weighted by molar-refractivity contribution is -0.192. The van der Waals surface area contributed by atoms with E-state index >= 15 is 0 Å². The predicted molar refractivity (Wildman–Crippen MR) is 102 cm³/mol. The molecule has 1 N–H and O–H groups in total. The number of aromatic nitrogens is 1. The molecule has 2 aliphatic heterocycles. The highest BCUT2D eigenvalue weighted by atomic mass is 32.2. The molecule has 1 spiro atoms. The van der Waals surface area contributed by atoms with Crippen molar-refractivity contribution in [3.63, 3.8) is 0 Å². The summed E-state index contributed by atoms with van der Waals surface area (Å²) in [6.45, 7) is 5.31. The summed E-state index contributed by atoms with van der Waals surface area (Å²) in [6, 6.07) is 3.91. The van der Waals surface area contributed by atoms with E-state index in [1.165, 1.54) is 0 Å². The molecule has 29 heavy (non-hydrogen) atoms. The zero-order valence-corrected chi connectivity index (χ0v) is 17.6. The van der Waals surface area contributed by atoms with E-state index in [4.69, 9.17) is 14.6 Å². The van der Waals surface area contributed by atoms with Crippen LogP contribution in [0.15, 0.2) is 24.5 Å². The summed E-state index contributed by atoms with van der Waals surface area (Å²) in [5.41, 5.74) is 1.08. The molecule has 1 unspecified atom stereocenters. The number of aliphatic carboxylic acids is 1. The summed E-state index contributed by atoms with van der Waals surface area (Å²) in [6.07, 6.45) is -0.378.